The zero-order valence-corrected chi connectivity index (χ0v) is 18.3. The summed E-state index contributed by atoms with van der Waals surface area (Å²) in [5, 5.41) is 22.9. The number of amides is 2. The lowest BCUT2D eigenvalue weighted by Crippen LogP contribution is -2.64. The van der Waals surface area contributed by atoms with Gasteiger partial charge in [-0.2, -0.15) is 4.40 Å². The number of hydrogen-bond donors (Lipinski definition) is 2. The molecule has 2 aromatic heterocycles. The molecule has 11 heteroatoms. The van der Waals surface area contributed by atoms with Crippen molar-refractivity contribution in [3.8, 4) is 0 Å². The summed E-state index contributed by atoms with van der Waals surface area (Å²) in [7, 11) is 0. The van der Waals surface area contributed by atoms with E-state index in [-0.39, 0.29) is 35.9 Å². The zero-order valence-electron chi connectivity index (χ0n) is 16.7. The maximum Gasteiger partial charge on any atom is 0.250 e. The number of aliphatic carboxylic acids is 1. The van der Waals surface area contributed by atoms with E-state index < -0.39 is 18.0 Å². The Morgan fingerprint density at radius 3 is 2.73 bits per heavy atom. The van der Waals surface area contributed by atoms with Crippen LogP contribution in [0.3, 0.4) is 0 Å². The first kappa shape index (κ1) is 20.9. The minimum Gasteiger partial charge on any atom is -0.543 e. The standard InChI is InChI=1S/C19H22N4O5S2/c1-8-12(15(19(27)28)23-14(8)13(9(2)24)16(23)26)10-6-22-7-21(5-4-11(20)25)17(29-3)18(22)30-10/h6-9,13-14,24H,4-5H2,1-3H3,(H2-,20,25,27,28)/t8-,9+,13+,14+/m0/s1. The molecular formula is C19H22N4O5S2. The summed E-state index contributed by atoms with van der Waals surface area (Å²) < 4.78 is 3.83. The molecule has 4 heterocycles. The maximum absolute atomic E-state index is 12.5. The number of carbonyl (C=O) groups is 3. The molecule has 0 radical (unpaired) electrons. The molecule has 0 aromatic carbocycles. The number of aliphatic hydroxyl groups excluding tert-OH is 1. The minimum atomic E-state index is -1.39. The van der Waals surface area contributed by atoms with Gasteiger partial charge in [0.1, 0.15) is 6.20 Å². The Balaban J connectivity index is 1.78. The van der Waals surface area contributed by atoms with Crippen LogP contribution in [-0.4, -0.2) is 50.8 Å². The van der Waals surface area contributed by atoms with Gasteiger partial charge >= 0.3 is 0 Å². The predicted molar refractivity (Wildman–Crippen MR) is 108 cm³/mol. The van der Waals surface area contributed by atoms with Gasteiger partial charge in [-0.3, -0.25) is 9.59 Å². The number of aryl methyl sites for hydroxylation is 1. The lowest BCUT2D eigenvalue weighted by atomic mass is 9.77. The van der Waals surface area contributed by atoms with Crippen LogP contribution in [0.25, 0.3) is 10.4 Å². The third kappa shape index (κ3) is 2.95. The Hall–Kier alpha value is -2.37. The van der Waals surface area contributed by atoms with Crippen molar-refractivity contribution in [3.63, 3.8) is 0 Å². The first-order valence-electron chi connectivity index (χ1n) is 9.50. The van der Waals surface area contributed by atoms with E-state index in [0.29, 0.717) is 12.1 Å². The number of rotatable bonds is 7. The molecule has 2 aliphatic rings. The highest BCUT2D eigenvalue weighted by Crippen LogP contribution is 2.51. The topological polar surface area (TPSA) is 133 Å². The SMILES string of the molecule is CSc1c2sc(C3=C(C(=O)[O-])N4C(=O)[C@H]([C@@H](C)O)[C@H]4[C@H]3C)c[n+]2cn1CCC(N)=O. The summed E-state index contributed by atoms with van der Waals surface area (Å²) in [6.07, 6.45) is 4.98. The number of carboxylic acid groups (broad SMARTS) is 1. The molecule has 0 unspecified atom stereocenters. The smallest absolute Gasteiger partial charge is 0.250 e. The summed E-state index contributed by atoms with van der Waals surface area (Å²) in [5.74, 6) is -3.02. The second-order valence-electron chi connectivity index (χ2n) is 7.65. The molecule has 1 fully saturated rings. The van der Waals surface area contributed by atoms with E-state index in [1.807, 2.05) is 34.7 Å². The number of imidazole rings is 1. The number of aromatic nitrogens is 2. The van der Waals surface area contributed by atoms with E-state index in [9.17, 15) is 24.6 Å². The van der Waals surface area contributed by atoms with Crippen molar-refractivity contribution in [1.82, 2.24) is 9.47 Å². The van der Waals surface area contributed by atoms with Crippen LogP contribution < -0.4 is 15.2 Å². The number of carbonyl (C=O) groups excluding carboxylic acids is 3. The molecule has 2 aromatic rings. The Morgan fingerprint density at radius 2 is 2.17 bits per heavy atom. The molecule has 2 amide bonds. The quantitative estimate of drug-likeness (QED) is 0.323. The molecule has 4 rings (SSSR count). The molecule has 9 nitrogen and oxygen atoms in total. The van der Waals surface area contributed by atoms with Crippen LogP contribution in [0.1, 0.15) is 25.1 Å². The molecule has 160 valence electrons. The first-order chi connectivity index (χ1) is 14.2. The van der Waals surface area contributed by atoms with Crippen molar-refractivity contribution in [1.29, 1.82) is 0 Å². The highest BCUT2D eigenvalue weighted by Gasteiger charge is 2.59. The number of hydrogen-bond acceptors (Lipinski definition) is 7. The lowest BCUT2D eigenvalue weighted by molar-refractivity contribution is -0.508. The van der Waals surface area contributed by atoms with Crippen LogP contribution in [0.4, 0.5) is 0 Å². The molecule has 3 N–H and O–H groups in total. The van der Waals surface area contributed by atoms with Crippen LogP contribution in [0, 0.1) is 11.8 Å². The third-order valence-electron chi connectivity index (χ3n) is 5.83. The molecule has 0 aliphatic carbocycles. The summed E-state index contributed by atoms with van der Waals surface area (Å²) in [4.78, 5) is 38.5. The molecule has 0 saturated carbocycles. The highest BCUT2D eigenvalue weighted by molar-refractivity contribution is 7.98. The monoisotopic (exact) mass is 450 g/mol. The Bertz CT molecular complexity index is 1100. The van der Waals surface area contributed by atoms with E-state index in [1.165, 1.54) is 28.0 Å². The van der Waals surface area contributed by atoms with Crippen LogP contribution in [0.5, 0.6) is 0 Å². The lowest BCUT2D eigenvalue weighted by Gasteiger charge is -2.47. The summed E-state index contributed by atoms with van der Waals surface area (Å²) in [6, 6.07) is -0.387. The van der Waals surface area contributed by atoms with Gasteiger partial charge in [0.2, 0.25) is 21.7 Å². The second kappa shape index (κ2) is 7.40. The average molecular weight is 451 g/mol. The Morgan fingerprint density at radius 1 is 1.47 bits per heavy atom. The molecule has 0 spiro atoms. The van der Waals surface area contributed by atoms with Gasteiger partial charge in [0.25, 0.3) is 6.33 Å². The Labute approximate surface area is 180 Å². The maximum atomic E-state index is 12.5. The number of primary amides is 1. The van der Waals surface area contributed by atoms with E-state index in [4.69, 9.17) is 5.73 Å². The zero-order chi connectivity index (χ0) is 21.9. The molecule has 30 heavy (non-hydrogen) atoms. The van der Waals surface area contributed by atoms with Gasteiger partial charge in [-0.1, -0.05) is 30.0 Å². The fraction of sp³-hybridized carbons (Fsp3) is 0.474. The number of nitrogens with zero attached hydrogens (tertiary/aromatic N) is 3. The minimum absolute atomic E-state index is 0.105. The largest absolute Gasteiger partial charge is 0.543 e. The van der Waals surface area contributed by atoms with Crippen molar-refractivity contribution in [2.45, 2.75) is 44.0 Å². The van der Waals surface area contributed by atoms with Crippen molar-refractivity contribution in [2.24, 2.45) is 17.6 Å². The van der Waals surface area contributed by atoms with Gasteiger partial charge in [0.15, 0.2) is 0 Å². The Kier molecular flexibility index (Phi) is 5.15. The highest BCUT2D eigenvalue weighted by atomic mass is 32.2. The number of nitrogens with two attached hydrogens (primary N) is 1. The summed E-state index contributed by atoms with van der Waals surface area (Å²) in [5.41, 5.74) is 5.71. The average Bonchev–Trinajstić information content (AvgIpc) is 3.26. The van der Waals surface area contributed by atoms with Crippen LogP contribution in [0.2, 0.25) is 0 Å². The number of β-lactam (4-membered cyclic amide) rings is 1. The van der Waals surface area contributed by atoms with E-state index >= 15 is 0 Å². The van der Waals surface area contributed by atoms with Crippen molar-refractivity contribution >= 4 is 51.3 Å². The normalized spacial score (nSPS) is 24.3. The van der Waals surface area contributed by atoms with E-state index in [1.54, 1.807) is 6.92 Å². The van der Waals surface area contributed by atoms with Crippen molar-refractivity contribution in [2.75, 3.05) is 6.26 Å². The summed E-state index contributed by atoms with van der Waals surface area (Å²) in [6.45, 7) is 3.88. The van der Waals surface area contributed by atoms with Gasteiger partial charge < -0.3 is 25.6 Å². The fourth-order valence-electron chi connectivity index (χ4n) is 4.54. The molecular weight excluding hydrogens is 428 g/mol. The number of thioether (sulfide) groups is 1. The van der Waals surface area contributed by atoms with E-state index in [2.05, 4.69) is 0 Å². The van der Waals surface area contributed by atoms with Gasteiger partial charge in [-0.15, -0.1) is 0 Å². The van der Waals surface area contributed by atoms with Crippen molar-refractivity contribution in [3.05, 3.63) is 23.1 Å². The fourth-order valence-corrected chi connectivity index (χ4v) is 6.74. The molecule has 0 bridgehead atoms. The molecule has 4 atom stereocenters. The number of fused-ring (bicyclic) bond motifs is 2. The third-order valence-corrected chi connectivity index (χ3v) is 7.91. The molecule has 1 saturated heterocycles. The molecule has 2 aliphatic heterocycles. The van der Waals surface area contributed by atoms with Gasteiger partial charge in [-0.05, 0) is 13.2 Å². The predicted octanol–water partition coefficient (Wildman–Crippen LogP) is -0.796. The van der Waals surface area contributed by atoms with Gasteiger partial charge in [0.05, 0.1) is 47.6 Å². The van der Waals surface area contributed by atoms with Crippen molar-refractivity contribution < 1.29 is 29.0 Å². The summed E-state index contributed by atoms with van der Waals surface area (Å²) >= 11 is 2.95. The van der Waals surface area contributed by atoms with Crippen LogP contribution in [-0.2, 0) is 20.9 Å². The van der Waals surface area contributed by atoms with Crippen LogP contribution in [0.15, 0.2) is 23.2 Å². The first-order valence-corrected chi connectivity index (χ1v) is 11.5. The van der Waals surface area contributed by atoms with Crippen LogP contribution >= 0.6 is 23.1 Å². The van der Waals surface area contributed by atoms with Gasteiger partial charge in [-0.25, -0.2) is 4.57 Å². The van der Waals surface area contributed by atoms with E-state index in [0.717, 1.165) is 14.7 Å². The van der Waals surface area contributed by atoms with Gasteiger partial charge in [0, 0.05) is 11.5 Å². The number of thiazole rings is 1. The number of carboxylic acids is 1. The second-order valence-corrected chi connectivity index (χ2v) is 9.47. The number of aliphatic hydroxyl groups is 1.